The molecule has 0 atom stereocenters. The maximum Gasteiger partial charge on any atom is 0.303 e. The van der Waals surface area contributed by atoms with Gasteiger partial charge in [-0.25, -0.2) is 0 Å². The topological polar surface area (TPSA) is 153 Å². The molecule has 1 aromatic rings. The molecule has 0 bridgehead atoms. The number of rotatable bonds is 11. The lowest BCUT2D eigenvalue weighted by atomic mass is 10.1. The Hall–Kier alpha value is -1.24. The summed E-state index contributed by atoms with van der Waals surface area (Å²) in [6.07, 6.45) is 0.00783. The van der Waals surface area contributed by atoms with Crippen molar-refractivity contribution in [2.75, 3.05) is 24.7 Å². The lowest BCUT2D eigenvalue weighted by molar-refractivity contribution is -0.138. The molecule has 0 fully saturated rings. The number of anilines is 2. The Morgan fingerprint density at radius 2 is 1.09 bits per heavy atom. The molecule has 0 heterocycles. The summed E-state index contributed by atoms with van der Waals surface area (Å²) in [5.74, 6) is -3.14. The maximum atomic E-state index is 12.8. The number of nitrogens with one attached hydrogen (secondary N) is 2. The molecule has 0 radical (unpaired) electrons. The molecule has 0 aliphatic carbocycles. The quantitative estimate of drug-likeness (QED) is 0.251. The van der Waals surface area contributed by atoms with Gasteiger partial charge in [0.15, 0.2) is 0 Å². The first-order valence-corrected chi connectivity index (χ1v) is 12.6. The fraction of sp³-hybridized carbons (Fsp3) is 0.421. The monoisotopic (exact) mass is 785 g/mol. The Morgan fingerprint density at radius 3 is 1.41 bits per heavy atom. The molecule has 3 amide bonds. The average Bonchev–Trinajstić information content (AvgIpc) is 2.67. The van der Waals surface area contributed by atoms with E-state index < -0.39 is 23.8 Å². The molecule has 0 saturated carbocycles. The SMILES string of the molecule is CN(C)C(=O)c1c(I)c(NC(=O)CCCC(=O)O)c(I)c(NC(=O)CCCC(=O)O)c1I. The fourth-order valence-corrected chi connectivity index (χ4v) is 6.67. The number of aliphatic carboxylic acids is 2. The minimum Gasteiger partial charge on any atom is -0.481 e. The highest BCUT2D eigenvalue weighted by Crippen LogP contribution is 2.39. The minimum absolute atomic E-state index is 0.0156. The Kier molecular flexibility index (Phi) is 12.1. The highest BCUT2D eigenvalue weighted by Gasteiger charge is 2.27. The van der Waals surface area contributed by atoms with E-state index in [9.17, 15) is 24.0 Å². The second kappa shape index (κ2) is 13.5. The number of carbonyl (C=O) groups is 5. The van der Waals surface area contributed by atoms with Gasteiger partial charge in [-0.2, -0.15) is 0 Å². The number of carboxylic acids is 2. The summed E-state index contributed by atoms with van der Waals surface area (Å²) < 4.78 is 1.49. The van der Waals surface area contributed by atoms with Crippen LogP contribution in [0.3, 0.4) is 0 Å². The Morgan fingerprint density at radius 1 is 0.719 bits per heavy atom. The summed E-state index contributed by atoms with van der Waals surface area (Å²) >= 11 is 5.88. The second-order valence-electron chi connectivity index (χ2n) is 6.86. The van der Waals surface area contributed by atoms with Crippen molar-refractivity contribution in [3.63, 3.8) is 0 Å². The van der Waals surface area contributed by atoms with Crippen molar-refractivity contribution in [2.24, 2.45) is 0 Å². The van der Waals surface area contributed by atoms with E-state index in [4.69, 9.17) is 10.2 Å². The van der Waals surface area contributed by atoms with E-state index in [1.807, 2.05) is 67.8 Å². The van der Waals surface area contributed by atoms with Crippen LogP contribution in [0, 0.1) is 10.7 Å². The molecule has 176 valence electrons. The summed E-state index contributed by atoms with van der Waals surface area (Å²) in [7, 11) is 3.17. The Labute approximate surface area is 225 Å². The van der Waals surface area contributed by atoms with Crippen molar-refractivity contribution in [1.82, 2.24) is 4.90 Å². The van der Waals surface area contributed by atoms with E-state index in [2.05, 4.69) is 10.6 Å². The number of carbonyl (C=O) groups excluding carboxylic acids is 3. The third-order valence-electron chi connectivity index (χ3n) is 4.05. The molecule has 0 unspecified atom stereocenters. The highest BCUT2D eigenvalue weighted by molar-refractivity contribution is 14.1. The number of halogens is 3. The van der Waals surface area contributed by atoms with Gasteiger partial charge >= 0.3 is 11.9 Å². The van der Waals surface area contributed by atoms with Crippen LogP contribution in [0.4, 0.5) is 11.4 Å². The van der Waals surface area contributed by atoms with E-state index in [1.54, 1.807) is 14.1 Å². The molecule has 32 heavy (non-hydrogen) atoms. The normalized spacial score (nSPS) is 10.4. The molecule has 0 saturated heterocycles. The Balaban J connectivity index is 3.32. The molecule has 13 heteroatoms. The standard InChI is InChI=1S/C19H22I3N3O7/c1-25(2)19(32)13-14(20)17(23-9(26)5-3-7-11(28)29)16(22)18(15(13)21)24-10(27)6-4-8-12(30)31/h3-8H2,1-2H3,(H,23,26)(H,24,27)(H,28,29)(H,30,31). The third kappa shape index (κ3) is 8.60. The summed E-state index contributed by atoms with van der Waals surface area (Å²) in [6.45, 7) is 0. The zero-order valence-corrected chi connectivity index (χ0v) is 23.7. The van der Waals surface area contributed by atoms with Crippen LogP contribution in [0.15, 0.2) is 0 Å². The van der Waals surface area contributed by atoms with Crippen molar-refractivity contribution < 1.29 is 34.2 Å². The van der Waals surface area contributed by atoms with Gasteiger partial charge in [-0.1, -0.05) is 0 Å². The van der Waals surface area contributed by atoms with Crippen LogP contribution < -0.4 is 10.6 Å². The van der Waals surface area contributed by atoms with Crippen LogP contribution in [0.1, 0.15) is 48.9 Å². The largest absolute Gasteiger partial charge is 0.481 e. The zero-order chi connectivity index (χ0) is 24.6. The smallest absolute Gasteiger partial charge is 0.303 e. The second-order valence-corrected chi connectivity index (χ2v) is 10.1. The zero-order valence-electron chi connectivity index (χ0n) is 17.3. The van der Waals surface area contributed by atoms with Crippen molar-refractivity contribution in [3.05, 3.63) is 16.3 Å². The van der Waals surface area contributed by atoms with Gasteiger partial charge in [0, 0.05) is 39.8 Å². The molecular formula is C19H22I3N3O7. The van der Waals surface area contributed by atoms with Gasteiger partial charge in [-0.05, 0) is 80.6 Å². The molecule has 0 aromatic heterocycles. The maximum absolute atomic E-state index is 12.8. The molecule has 0 spiro atoms. The van der Waals surface area contributed by atoms with Gasteiger partial charge in [0.05, 0.1) is 27.6 Å². The molecule has 10 nitrogen and oxygen atoms in total. The van der Waals surface area contributed by atoms with E-state index in [-0.39, 0.29) is 44.4 Å². The van der Waals surface area contributed by atoms with Crippen molar-refractivity contribution in [3.8, 4) is 0 Å². The number of amides is 3. The van der Waals surface area contributed by atoms with Gasteiger partial charge < -0.3 is 25.7 Å². The first-order valence-electron chi connectivity index (χ1n) is 9.32. The number of hydrogen-bond acceptors (Lipinski definition) is 5. The summed E-state index contributed by atoms with van der Waals surface area (Å²) in [4.78, 5) is 60.3. The Bertz CT molecular complexity index is 874. The number of benzene rings is 1. The van der Waals surface area contributed by atoms with Gasteiger partial charge in [-0.3, -0.25) is 24.0 Å². The predicted octanol–water partition coefficient (Wildman–Crippen LogP) is 3.59. The van der Waals surface area contributed by atoms with Gasteiger partial charge in [0.25, 0.3) is 5.91 Å². The lowest BCUT2D eigenvalue weighted by Crippen LogP contribution is -2.26. The van der Waals surface area contributed by atoms with Crippen LogP contribution >= 0.6 is 67.8 Å². The van der Waals surface area contributed by atoms with E-state index in [1.165, 1.54) is 4.90 Å². The van der Waals surface area contributed by atoms with Gasteiger partial charge in [0.2, 0.25) is 11.8 Å². The summed E-state index contributed by atoms with van der Waals surface area (Å²) in [5, 5.41) is 23.0. The van der Waals surface area contributed by atoms with Crippen molar-refractivity contribution in [1.29, 1.82) is 0 Å². The molecule has 0 aliphatic heterocycles. The van der Waals surface area contributed by atoms with Gasteiger partial charge in [-0.15, -0.1) is 0 Å². The first-order chi connectivity index (χ1) is 14.9. The van der Waals surface area contributed by atoms with Crippen molar-refractivity contribution in [2.45, 2.75) is 38.5 Å². The van der Waals surface area contributed by atoms with E-state index >= 15 is 0 Å². The number of carboxylic acid groups (broad SMARTS) is 2. The van der Waals surface area contributed by atoms with Crippen LogP contribution in [0.2, 0.25) is 0 Å². The first kappa shape index (κ1) is 28.8. The molecular weight excluding hydrogens is 763 g/mol. The van der Waals surface area contributed by atoms with Crippen LogP contribution in [-0.4, -0.2) is 58.9 Å². The summed E-state index contributed by atoms with van der Waals surface area (Å²) in [6, 6.07) is 0. The summed E-state index contributed by atoms with van der Waals surface area (Å²) in [5.41, 5.74) is 0.995. The molecule has 0 aliphatic rings. The van der Waals surface area contributed by atoms with Crippen LogP contribution in [0.5, 0.6) is 0 Å². The van der Waals surface area contributed by atoms with E-state index in [0.29, 0.717) is 27.6 Å². The molecule has 1 rings (SSSR count). The minimum atomic E-state index is -0.997. The lowest BCUT2D eigenvalue weighted by Gasteiger charge is -2.21. The van der Waals surface area contributed by atoms with E-state index in [0.717, 1.165) is 0 Å². The third-order valence-corrected chi connectivity index (χ3v) is 7.29. The van der Waals surface area contributed by atoms with Gasteiger partial charge in [0.1, 0.15) is 0 Å². The van der Waals surface area contributed by atoms with Crippen molar-refractivity contribution >= 4 is 109 Å². The number of hydrogen-bond donors (Lipinski definition) is 4. The highest BCUT2D eigenvalue weighted by atomic mass is 127. The fourth-order valence-electron chi connectivity index (χ4n) is 2.50. The number of nitrogens with zero attached hydrogens (tertiary/aromatic N) is 1. The molecule has 4 N–H and O–H groups in total. The van der Waals surface area contributed by atoms with Crippen LogP contribution in [-0.2, 0) is 19.2 Å². The predicted molar refractivity (Wildman–Crippen MR) is 143 cm³/mol. The average molecular weight is 785 g/mol. The molecule has 1 aromatic carbocycles. The van der Waals surface area contributed by atoms with Crippen LogP contribution in [0.25, 0.3) is 0 Å².